The van der Waals surface area contributed by atoms with Crippen molar-refractivity contribution >= 4 is 27.5 Å². The van der Waals surface area contributed by atoms with Crippen molar-refractivity contribution in [3.8, 4) is 0 Å². The Morgan fingerprint density at radius 2 is 2.06 bits per heavy atom. The average Bonchev–Trinajstić information content (AvgIpc) is 2.22. The molecule has 0 saturated carbocycles. The Balaban J connectivity index is 2.74. The fourth-order valence-corrected chi connectivity index (χ4v) is 1.58. The van der Waals surface area contributed by atoms with E-state index in [0.717, 1.165) is 15.7 Å². The molecule has 0 aliphatic heterocycles. The van der Waals surface area contributed by atoms with Gasteiger partial charge in [-0.15, -0.1) is 0 Å². The van der Waals surface area contributed by atoms with Gasteiger partial charge in [-0.25, -0.2) is 0 Å². The minimum absolute atomic E-state index is 0.133. The van der Waals surface area contributed by atoms with E-state index in [1.165, 1.54) is 0 Å². The minimum Gasteiger partial charge on any atom is -0.325 e. The van der Waals surface area contributed by atoms with E-state index in [2.05, 4.69) is 21.2 Å². The van der Waals surface area contributed by atoms with Crippen LogP contribution in [-0.2, 0) is 4.79 Å². The van der Waals surface area contributed by atoms with Gasteiger partial charge in [-0.05, 0) is 30.5 Å². The van der Waals surface area contributed by atoms with Crippen LogP contribution in [0.3, 0.4) is 0 Å². The highest BCUT2D eigenvalue weighted by Crippen LogP contribution is 2.20. The fraction of sp³-hybridized carbons (Fsp3) is 0.417. The number of nitrogens with two attached hydrogens (primary N) is 1. The molecule has 3 nitrogen and oxygen atoms in total. The Hall–Kier alpha value is -0.870. The SMILES string of the molecule is Cc1ccc(NC(=O)[C@H](N)C(C)C)cc1Br. The van der Waals surface area contributed by atoms with E-state index in [0.29, 0.717) is 0 Å². The minimum atomic E-state index is -0.472. The molecule has 4 heteroatoms. The number of aryl methyl sites for hydroxylation is 1. The third-order valence-corrected chi connectivity index (χ3v) is 3.31. The molecule has 1 amide bonds. The van der Waals surface area contributed by atoms with Crippen LogP contribution in [-0.4, -0.2) is 11.9 Å². The monoisotopic (exact) mass is 284 g/mol. The topological polar surface area (TPSA) is 55.1 Å². The van der Waals surface area contributed by atoms with Crippen molar-refractivity contribution in [2.24, 2.45) is 11.7 Å². The van der Waals surface area contributed by atoms with Crippen LogP contribution in [0.5, 0.6) is 0 Å². The molecule has 1 rings (SSSR count). The van der Waals surface area contributed by atoms with Crippen LogP contribution in [0.1, 0.15) is 19.4 Å². The summed E-state index contributed by atoms with van der Waals surface area (Å²) in [6, 6.07) is 5.21. The molecule has 0 aliphatic carbocycles. The predicted molar refractivity (Wildman–Crippen MR) is 70.3 cm³/mol. The van der Waals surface area contributed by atoms with Gasteiger partial charge in [0.05, 0.1) is 6.04 Å². The maximum atomic E-state index is 11.7. The number of benzene rings is 1. The molecule has 0 radical (unpaired) electrons. The molecule has 1 aromatic rings. The zero-order chi connectivity index (χ0) is 12.3. The highest BCUT2D eigenvalue weighted by molar-refractivity contribution is 9.10. The molecule has 0 aromatic heterocycles. The zero-order valence-electron chi connectivity index (χ0n) is 9.75. The number of anilines is 1. The van der Waals surface area contributed by atoms with Crippen molar-refractivity contribution in [3.63, 3.8) is 0 Å². The number of hydrogen-bond donors (Lipinski definition) is 2. The highest BCUT2D eigenvalue weighted by Gasteiger charge is 2.17. The zero-order valence-corrected chi connectivity index (χ0v) is 11.3. The Morgan fingerprint density at radius 1 is 1.44 bits per heavy atom. The van der Waals surface area contributed by atoms with Crippen LogP contribution < -0.4 is 11.1 Å². The number of amides is 1. The van der Waals surface area contributed by atoms with Gasteiger partial charge in [0.25, 0.3) is 0 Å². The first-order chi connectivity index (χ1) is 7.41. The standard InChI is InChI=1S/C12H17BrN2O/c1-7(2)11(14)12(16)15-9-5-4-8(3)10(13)6-9/h4-7,11H,14H2,1-3H3,(H,15,16)/t11-/m1/s1. The third kappa shape index (κ3) is 3.32. The maximum Gasteiger partial charge on any atom is 0.241 e. The second-order valence-corrected chi connectivity index (χ2v) is 5.08. The van der Waals surface area contributed by atoms with Gasteiger partial charge < -0.3 is 11.1 Å². The summed E-state index contributed by atoms with van der Waals surface area (Å²) in [6.07, 6.45) is 0. The van der Waals surface area contributed by atoms with Gasteiger partial charge in [0, 0.05) is 10.2 Å². The predicted octanol–water partition coefficient (Wildman–Crippen LogP) is 2.68. The normalized spacial score (nSPS) is 12.6. The molecular weight excluding hydrogens is 268 g/mol. The van der Waals surface area contributed by atoms with Crippen LogP contribution >= 0.6 is 15.9 Å². The Labute approximate surface area is 105 Å². The van der Waals surface area contributed by atoms with E-state index in [1.807, 2.05) is 39.0 Å². The number of carbonyl (C=O) groups excluding carboxylic acids is 1. The van der Waals surface area contributed by atoms with E-state index in [-0.39, 0.29) is 11.8 Å². The molecule has 1 atom stereocenters. The van der Waals surface area contributed by atoms with Gasteiger partial charge >= 0.3 is 0 Å². The van der Waals surface area contributed by atoms with Crippen LogP contribution in [0, 0.1) is 12.8 Å². The molecule has 0 spiro atoms. The first-order valence-electron chi connectivity index (χ1n) is 5.24. The summed E-state index contributed by atoms with van der Waals surface area (Å²) in [5.74, 6) is -0.0142. The van der Waals surface area contributed by atoms with Gasteiger partial charge in [-0.1, -0.05) is 35.8 Å². The second-order valence-electron chi connectivity index (χ2n) is 4.22. The lowest BCUT2D eigenvalue weighted by atomic mass is 10.0. The van der Waals surface area contributed by atoms with Crippen LogP contribution in [0.15, 0.2) is 22.7 Å². The Morgan fingerprint density at radius 3 is 2.56 bits per heavy atom. The van der Waals surface area contributed by atoms with E-state index >= 15 is 0 Å². The summed E-state index contributed by atoms with van der Waals surface area (Å²) < 4.78 is 0.975. The van der Waals surface area contributed by atoms with E-state index in [1.54, 1.807) is 0 Å². The van der Waals surface area contributed by atoms with Crippen LogP contribution in [0.4, 0.5) is 5.69 Å². The highest BCUT2D eigenvalue weighted by atomic mass is 79.9. The Bertz CT molecular complexity index is 391. The summed E-state index contributed by atoms with van der Waals surface area (Å²) in [5.41, 5.74) is 7.65. The largest absolute Gasteiger partial charge is 0.325 e. The fourth-order valence-electron chi connectivity index (χ4n) is 1.20. The summed E-state index contributed by atoms with van der Waals surface area (Å²) in [6.45, 7) is 5.85. The smallest absolute Gasteiger partial charge is 0.241 e. The van der Waals surface area contributed by atoms with Gasteiger partial charge in [0.2, 0.25) is 5.91 Å². The molecule has 1 aromatic carbocycles. The quantitative estimate of drug-likeness (QED) is 0.897. The number of nitrogens with one attached hydrogen (secondary N) is 1. The molecule has 88 valence electrons. The molecule has 0 aliphatic rings. The first-order valence-corrected chi connectivity index (χ1v) is 6.03. The van der Waals surface area contributed by atoms with Crippen LogP contribution in [0.25, 0.3) is 0 Å². The summed E-state index contributed by atoms with van der Waals surface area (Å²) >= 11 is 3.42. The number of rotatable bonds is 3. The van der Waals surface area contributed by atoms with Crippen molar-refractivity contribution in [1.29, 1.82) is 0 Å². The van der Waals surface area contributed by atoms with Gasteiger partial charge in [-0.3, -0.25) is 4.79 Å². The van der Waals surface area contributed by atoms with Crippen LogP contribution in [0.2, 0.25) is 0 Å². The summed E-state index contributed by atoms with van der Waals surface area (Å²) in [5, 5.41) is 2.80. The summed E-state index contributed by atoms with van der Waals surface area (Å²) in [7, 11) is 0. The number of hydrogen-bond acceptors (Lipinski definition) is 2. The summed E-state index contributed by atoms with van der Waals surface area (Å²) in [4.78, 5) is 11.7. The lowest BCUT2D eigenvalue weighted by molar-refractivity contribution is -0.118. The van der Waals surface area contributed by atoms with Gasteiger partial charge in [0.1, 0.15) is 0 Å². The van der Waals surface area contributed by atoms with Crippen molar-refractivity contribution in [2.75, 3.05) is 5.32 Å². The van der Waals surface area contributed by atoms with Gasteiger partial charge in [-0.2, -0.15) is 0 Å². The second kappa shape index (κ2) is 5.46. The lowest BCUT2D eigenvalue weighted by Gasteiger charge is -2.15. The van der Waals surface area contributed by atoms with E-state index in [9.17, 15) is 4.79 Å². The van der Waals surface area contributed by atoms with E-state index in [4.69, 9.17) is 5.73 Å². The lowest BCUT2D eigenvalue weighted by Crippen LogP contribution is -2.39. The molecule has 0 heterocycles. The Kier molecular flexibility index (Phi) is 4.50. The molecule has 16 heavy (non-hydrogen) atoms. The molecular formula is C12H17BrN2O. The van der Waals surface area contributed by atoms with Crippen molar-refractivity contribution in [3.05, 3.63) is 28.2 Å². The first kappa shape index (κ1) is 13.2. The van der Waals surface area contributed by atoms with E-state index < -0.39 is 6.04 Å². The molecule has 0 unspecified atom stereocenters. The number of halogens is 1. The van der Waals surface area contributed by atoms with Crippen molar-refractivity contribution < 1.29 is 4.79 Å². The molecule has 3 N–H and O–H groups in total. The van der Waals surface area contributed by atoms with Gasteiger partial charge in [0.15, 0.2) is 0 Å². The number of carbonyl (C=O) groups is 1. The van der Waals surface area contributed by atoms with Crippen molar-refractivity contribution in [1.82, 2.24) is 0 Å². The third-order valence-electron chi connectivity index (χ3n) is 2.46. The molecule has 0 saturated heterocycles. The average molecular weight is 285 g/mol. The maximum absolute atomic E-state index is 11.7. The molecule has 0 bridgehead atoms. The van der Waals surface area contributed by atoms with Crippen molar-refractivity contribution in [2.45, 2.75) is 26.8 Å². The molecule has 0 fully saturated rings.